The number of alkyl halides is 6. The predicted molar refractivity (Wildman–Crippen MR) is 271 cm³/mol. The first-order valence-electron chi connectivity index (χ1n) is 26.4. The Labute approximate surface area is 456 Å². The molecule has 0 unspecified atom stereocenters. The van der Waals surface area contributed by atoms with Gasteiger partial charge < -0.3 is 49.8 Å². The largest absolute Gasteiger partial charge is 0.497 e. The molecule has 2 heterocycles. The van der Waals surface area contributed by atoms with Crippen molar-refractivity contribution in [2.24, 2.45) is 29.6 Å². The van der Waals surface area contributed by atoms with Gasteiger partial charge in [-0.25, -0.2) is 9.59 Å². The van der Waals surface area contributed by atoms with Gasteiger partial charge >= 0.3 is 30.4 Å². The molecule has 26 heteroatoms. The summed E-state index contributed by atoms with van der Waals surface area (Å²) in [5.74, 6) is -11.4. The summed E-state index contributed by atoms with van der Waals surface area (Å²) < 4.78 is 102. The summed E-state index contributed by atoms with van der Waals surface area (Å²) in [7, 11) is 3.39. The SMILES string of the molecule is CC[C@H](C)[C@H]1NC(=O)[C@@H](NC(=O)[C@@H](CC(C)C)N(C)C(=O)OC(C(F)(F)F)C(F)(F)F)[C@H](C)OC(=O)[C@H](Cc2ccc(OC)cc2)N(C)C(=O)[C@@H]2CCCN2C(=O)[C@@H](CC(C)C)NC(=O)[C@@H](C)C(=O)[C@@H](C(C)C)OC(=O)C[C@H]1O. The third-order valence-corrected chi connectivity index (χ3v) is 14.1. The molecule has 20 nitrogen and oxygen atoms in total. The first-order chi connectivity index (χ1) is 36.5. The number of aliphatic hydroxyl groups excluding tert-OH is 1. The minimum atomic E-state index is -6.12. The van der Waals surface area contributed by atoms with Crippen molar-refractivity contribution in [3.63, 3.8) is 0 Å². The van der Waals surface area contributed by atoms with Gasteiger partial charge in [-0.15, -0.1) is 0 Å². The fourth-order valence-corrected chi connectivity index (χ4v) is 9.23. The van der Waals surface area contributed by atoms with Crippen LogP contribution in [0.3, 0.4) is 0 Å². The number of rotatable bonds is 14. The second-order valence-electron chi connectivity index (χ2n) is 21.6. The lowest BCUT2D eigenvalue weighted by Crippen LogP contribution is -2.61. The molecular formula is C53H78F6N6O14. The molecule has 0 spiro atoms. The van der Waals surface area contributed by atoms with Crippen LogP contribution < -0.4 is 20.7 Å². The molecule has 1 aromatic carbocycles. The number of ketones is 1. The van der Waals surface area contributed by atoms with E-state index in [-0.39, 0.29) is 43.0 Å². The summed E-state index contributed by atoms with van der Waals surface area (Å²) in [6, 6.07) is -3.15. The molecule has 2 fully saturated rings. The normalized spacial score (nSPS) is 25.8. The standard InChI is InChI=1S/C53H78F6N6O14/c1-14-29(8)40-38(66)25-39(67)78-43(28(6)7)42(68)30(9)44(69)60-34(22-26(2)3)47(72)65-21-15-16-35(65)48(73)63(11)37(24-32-17-19-33(76-13)20-18-32)49(74)77-31(10)41(46(71)61-40)62-45(70)36(23-27(4)5)64(12)51(75)79-50(52(54,55)56)53(57,58)59/h17-20,26-31,34-38,40-41,43,50,66H,14-16,21-25H2,1-13H3,(H,60,69)(H,61,71)(H,62,70)/t29-,30-,31-,34+,35-,36+,37-,38+,40+,41-,43+/m0/s1. The third-order valence-electron chi connectivity index (χ3n) is 14.1. The van der Waals surface area contributed by atoms with Gasteiger partial charge in [0.1, 0.15) is 42.1 Å². The average Bonchev–Trinajstić information content (AvgIpc) is 3.87. The number of likely N-dealkylation sites (N-methyl/N-ethyl adjacent to an activating group) is 2. The van der Waals surface area contributed by atoms with Gasteiger partial charge in [-0.05, 0) is 80.9 Å². The number of benzene rings is 1. The molecule has 0 aromatic heterocycles. The summed E-state index contributed by atoms with van der Waals surface area (Å²) in [5, 5.41) is 19.3. The van der Waals surface area contributed by atoms with Crippen LogP contribution in [0.2, 0.25) is 0 Å². The van der Waals surface area contributed by atoms with Gasteiger partial charge in [0.15, 0.2) is 11.9 Å². The molecule has 0 bridgehead atoms. The van der Waals surface area contributed by atoms with E-state index in [0.29, 0.717) is 24.8 Å². The summed E-state index contributed by atoms with van der Waals surface area (Å²) in [4.78, 5) is 131. The molecule has 3 rings (SSSR count). The Hall–Kier alpha value is -6.21. The van der Waals surface area contributed by atoms with Crippen LogP contribution in [-0.4, -0.2) is 174 Å². The Morgan fingerprint density at radius 3 is 1.99 bits per heavy atom. The van der Waals surface area contributed by atoms with Crippen molar-refractivity contribution in [1.29, 1.82) is 0 Å². The molecule has 4 N–H and O–H groups in total. The number of ether oxygens (including phenoxy) is 4. The van der Waals surface area contributed by atoms with Crippen LogP contribution in [0.4, 0.5) is 31.1 Å². The topological polar surface area (TPSA) is 257 Å². The highest BCUT2D eigenvalue weighted by atomic mass is 19.4. The minimum absolute atomic E-state index is 0.0496. The van der Waals surface area contributed by atoms with Crippen molar-refractivity contribution in [3.8, 4) is 5.75 Å². The van der Waals surface area contributed by atoms with Crippen molar-refractivity contribution in [3.05, 3.63) is 29.8 Å². The Morgan fingerprint density at radius 1 is 0.873 bits per heavy atom. The fourth-order valence-electron chi connectivity index (χ4n) is 9.23. The second-order valence-corrected chi connectivity index (χ2v) is 21.6. The number of methoxy groups -OCH3 is 1. The number of carbonyl (C=O) groups excluding carboxylic acids is 9. The van der Waals surface area contributed by atoms with Crippen LogP contribution in [0.15, 0.2) is 24.3 Å². The van der Waals surface area contributed by atoms with E-state index in [9.17, 15) is 74.6 Å². The number of hydrogen-bond donors (Lipinski definition) is 4. The number of nitrogens with one attached hydrogen (secondary N) is 3. The molecular weight excluding hydrogens is 1060 g/mol. The molecule has 2 aliphatic rings. The molecule has 2 aliphatic heterocycles. The fraction of sp³-hybridized carbons (Fsp3) is 0.717. The number of halogens is 6. The zero-order chi connectivity index (χ0) is 60.2. The molecule has 11 atom stereocenters. The third kappa shape index (κ3) is 18.4. The number of Topliss-reactive ketones (excluding diaryl/α,β-unsaturated/α-hetero) is 1. The van der Waals surface area contributed by atoms with Crippen molar-refractivity contribution in [1.82, 2.24) is 30.7 Å². The van der Waals surface area contributed by atoms with E-state index in [4.69, 9.17) is 14.2 Å². The Kier molecular flexibility index (Phi) is 24.4. The molecule has 2 saturated heterocycles. The summed E-state index contributed by atoms with van der Waals surface area (Å²) in [5.41, 5.74) is 0.450. The van der Waals surface area contributed by atoms with Crippen LogP contribution in [0.5, 0.6) is 5.75 Å². The highest BCUT2D eigenvalue weighted by Gasteiger charge is 2.60. The van der Waals surface area contributed by atoms with Crippen molar-refractivity contribution < 1.29 is 93.5 Å². The summed E-state index contributed by atoms with van der Waals surface area (Å²) in [6.45, 7) is 15.3. The predicted octanol–water partition coefficient (Wildman–Crippen LogP) is 5.05. The van der Waals surface area contributed by atoms with Crippen molar-refractivity contribution in [2.75, 3.05) is 27.7 Å². The number of cyclic esters (lactones) is 2. The zero-order valence-corrected chi connectivity index (χ0v) is 47.0. The molecule has 0 saturated carbocycles. The van der Waals surface area contributed by atoms with E-state index >= 15 is 0 Å². The van der Waals surface area contributed by atoms with E-state index in [1.807, 2.05) is 0 Å². The van der Waals surface area contributed by atoms with Crippen LogP contribution in [0.25, 0.3) is 0 Å². The van der Waals surface area contributed by atoms with E-state index < -0.39 is 163 Å². The van der Waals surface area contributed by atoms with Gasteiger partial charge in [0.2, 0.25) is 29.5 Å². The molecule has 0 aliphatic carbocycles. The molecule has 79 heavy (non-hydrogen) atoms. The lowest BCUT2D eigenvalue weighted by Gasteiger charge is -2.36. The number of fused-ring (bicyclic) bond motifs is 1. The van der Waals surface area contributed by atoms with Crippen LogP contribution in [0, 0.1) is 29.6 Å². The van der Waals surface area contributed by atoms with E-state index in [1.54, 1.807) is 52.0 Å². The lowest BCUT2D eigenvalue weighted by molar-refractivity contribution is -0.308. The first-order valence-corrected chi connectivity index (χ1v) is 26.4. The smallest absolute Gasteiger partial charge is 0.434 e. The van der Waals surface area contributed by atoms with E-state index in [2.05, 4.69) is 20.7 Å². The maximum absolute atomic E-state index is 14.8. The number of hydrogen-bond acceptors (Lipinski definition) is 14. The van der Waals surface area contributed by atoms with Crippen LogP contribution in [-0.2, 0) is 59.0 Å². The Balaban J connectivity index is 2.30. The van der Waals surface area contributed by atoms with Gasteiger partial charge in [0.25, 0.3) is 6.10 Å². The van der Waals surface area contributed by atoms with Crippen molar-refractivity contribution >= 4 is 53.4 Å². The maximum atomic E-state index is 14.8. The highest BCUT2D eigenvalue weighted by Crippen LogP contribution is 2.36. The molecule has 446 valence electrons. The molecule has 0 radical (unpaired) electrons. The van der Waals surface area contributed by atoms with Crippen LogP contribution in [0.1, 0.15) is 113 Å². The number of aliphatic hydroxyl groups is 1. The van der Waals surface area contributed by atoms with Crippen LogP contribution >= 0.6 is 0 Å². The zero-order valence-electron chi connectivity index (χ0n) is 47.0. The van der Waals surface area contributed by atoms with Gasteiger partial charge in [0, 0.05) is 27.1 Å². The van der Waals surface area contributed by atoms with E-state index in [1.165, 1.54) is 53.7 Å². The average molecular weight is 1140 g/mol. The van der Waals surface area contributed by atoms with E-state index in [0.717, 1.165) is 11.8 Å². The number of esters is 2. The molecule has 1 aromatic rings. The Morgan fingerprint density at radius 2 is 1.47 bits per heavy atom. The number of amides is 6. The number of carbonyl (C=O) groups is 9. The summed E-state index contributed by atoms with van der Waals surface area (Å²) in [6.07, 6.45) is -25.1. The van der Waals surface area contributed by atoms with Gasteiger partial charge in [-0.3, -0.25) is 38.5 Å². The highest BCUT2D eigenvalue weighted by molar-refractivity contribution is 6.05. The Bertz CT molecular complexity index is 2290. The van der Waals surface area contributed by atoms with Crippen molar-refractivity contribution in [2.45, 2.75) is 187 Å². The first kappa shape index (κ1) is 67.1. The maximum Gasteiger partial charge on any atom is 0.434 e. The minimum Gasteiger partial charge on any atom is -0.497 e. The molecule has 6 amide bonds. The number of nitrogens with zero attached hydrogens (tertiary/aromatic N) is 3. The summed E-state index contributed by atoms with van der Waals surface area (Å²) >= 11 is 0. The van der Waals surface area contributed by atoms with Gasteiger partial charge in [-0.2, -0.15) is 26.3 Å². The lowest BCUT2D eigenvalue weighted by atomic mass is 9.91. The second kappa shape index (κ2) is 28.8. The monoisotopic (exact) mass is 1140 g/mol. The van der Waals surface area contributed by atoms with Gasteiger partial charge in [-0.1, -0.05) is 73.9 Å². The quantitative estimate of drug-likeness (QED) is 0.0824. The van der Waals surface area contributed by atoms with Gasteiger partial charge in [0.05, 0.1) is 31.6 Å².